The summed E-state index contributed by atoms with van der Waals surface area (Å²) in [5.41, 5.74) is 2.60. The van der Waals surface area contributed by atoms with Gasteiger partial charge < -0.3 is 14.8 Å². The summed E-state index contributed by atoms with van der Waals surface area (Å²) in [6.07, 6.45) is 2.19. The van der Waals surface area contributed by atoms with Gasteiger partial charge in [-0.1, -0.05) is 13.0 Å². The van der Waals surface area contributed by atoms with Gasteiger partial charge in [0, 0.05) is 18.0 Å². The minimum Gasteiger partial charge on any atom is -0.493 e. The second-order valence-corrected chi connectivity index (χ2v) is 4.46. The minimum absolute atomic E-state index is 0.547. The van der Waals surface area contributed by atoms with Crippen LogP contribution < -0.4 is 14.8 Å². The fourth-order valence-electron chi connectivity index (χ4n) is 2.48. The molecule has 1 N–H and O–H groups in total. The van der Waals surface area contributed by atoms with Crippen molar-refractivity contribution in [2.24, 2.45) is 0 Å². The van der Waals surface area contributed by atoms with Gasteiger partial charge in [0.1, 0.15) is 0 Å². The maximum Gasteiger partial charge on any atom is 0.164 e. The quantitative estimate of drug-likeness (QED) is 0.869. The van der Waals surface area contributed by atoms with Crippen LogP contribution in [0.4, 0.5) is 0 Å². The molecule has 1 heterocycles. The molecule has 1 aromatic rings. The molecule has 17 heavy (non-hydrogen) atoms. The minimum atomic E-state index is 0.547. The summed E-state index contributed by atoms with van der Waals surface area (Å²) in [7, 11) is 3.42. The molecule has 2 rings (SSSR count). The third-order valence-corrected chi connectivity index (χ3v) is 3.48. The van der Waals surface area contributed by atoms with Gasteiger partial charge in [-0.15, -0.1) is 0 Å². The lowest BCUT2D eigenvalue weighted by Crippen LogP contribution is -2.09. The van der Waals surface area contributed by atoms with E-state index in [1.165, 1.54) is 17.5 Å². The van der Waals surface area contributed by atoms with E-state index in [1.54, 1.807) is 14.2 Å². The molecule has 0 saturated carbocycles. The fourth-order valence-corrected chi connectivity index (χ4v) is 2.48. The van der Waals surface area contributed by atoms with Crippen LogP contribution in [0.2, 0.25) is 0 Å². The summed E-state index contributed by atoms with van der Waals surface area (Å²) >= 11 is 0. The summed E-state index contributed by atoms with van der Waals surface area (Å²) in [5, 5.41) is 3.40. The highest BCUT2D eigenvalue weighted by Gasteiger charge is 2.23. The van der Waals surface area contributed by atoms with Gasteiger partial charge in [0.2, 0.25) is 0 Å². The molecule has 1 atom stereocenters. The van der Waals surface area contributed by atoms with Crippen LogP contribution in [-0.2, 0) is 6.42 Å². The average molecular weight is 235 g/mol. The maximum atomic E-state index is 5.53. The lowest BCUT2D eigenvalue weighted by molar-refractivity contribution is 0.349. The molecule has 1 fully saturated rings. The Hall–Kier alpha value is -1.22. The zero-order valence-electron chi connectivity index (χ0n) is 10.9. The SMILES string of the molecule is CCc1cc(OC)c(OC)c(C2CCNC2)c1. The number of hydrogen-bond acceptors (Lipinski definition) is 3. The number of nitrogens with one attached hydrogen (secondary N) is 1. The highest BCUT2D eigenvalue weighted by atomic mass is 16.5. The Morgan fingerprint density at radius 2 is 2.12 bits per heavy atom. The van der Waals surface area contributed by atoms with Crippen molar-refractivity contribution in [2.45, 2.75) is 25.7 Å². The van der Waals surface area contributed by atoms with Crippen molar-refractivity contribution < 1.29 is 9.47 Å². The zero-order chi connectivity index (χ0) is 12.3. The van der Waals surface area contributed by atoms with Crippen molar-refractivity contribution in [1.29, 1.82) is 0 Å². The molecule has 94 valence electrons. The molecule has 0 bridgehead atoms. The van der Waals surface area contributed by atoms with Crippen LogP contribution in [0.5, 0.6) is 11.5 Å². The second-order valence-electron chi connectivity index (χ2n) is 4.46. The van der Waals surface area contributed by atoms with Gasteiger partial charge in [-0.2, -0.15) is 0 Å². The predicted octanol–water partition coefficient (Wildman–Crippen LogP) is 2.34. The van der Waals surface area contributed by atoms with E-state index in [4.69, 9.17) is 9.47 Å². The van der Waals surface area contributed by atoms with Gasteiger partial charge in [0.15, 0.2) is 11.5 Å². The standard InChI is InChI=1S/C14H21NO2/c1-4-10-7-12(11-5-6-15-9-11)14(17-3)13(8-10)16-2/h7-8,11,15H,4-6,9H2,1-3H3. The van der Waals surface area contributed by atoms with Crippen LogP contribution in [0.25, 0.3) is 0 Å². The van der Waals surface area contributed by atoms with E-state index in [9.17, 15) is 0 Å². The summed E-state index contributed by atoms with van der Waals surface area (Å²) in [5.74, 6) is 2.30. The van der Waals surface area contributed by atoms with E-state index in [2.05, 4.69) is 24.4 Å². The number of rotatable bonds is 4. The first-order valence-electron chi connectivity index (χ1n) is 6.25. The van der Waals surface area contributed by atoms with Crippen molar-refractivity contribution in [1.82, 2.24) is 5.32 Å². The molecule has 0 aliphatic carbocycles. The third-order valence-electron chi connectivity index (χ3n) is 3.48. The van der Waals surface area contributed by atoms with Crippen molar-refractivity contribution in [3.05, 3.63) is 23.3 Å². The van der Waals surface area contributed by atoms with Crippen LogP contribution >= 0.6 is 0 Å². The first kappa shape index (κ1) is 12.2. The number of aryl methyl sites for hydroxylation is 1. The molecule has 3 heteroatoms. The van der Waals surface area contributed by atoms with E-state index in [1.807, 2.05) is 0 Å². The predicted molar refractivity (Wildman–Crippen MR) is 69.2 cm³/mol. The van der Waals surface area contributed by atoms with Gasteiger partial charge in [0.25, 0.3) is 0 Å². The van der Waals surface area contributed by atoms with E-state index >= 15 is 0 Å². The van der Waals surface area contributed by atoms with E-state index in [-0.39, 0.29) is 0 Å². The molecule has 0 aromatic heterocycles. The van der Waals surface area contributed by atoms with E-state index in [0.29, 0.717) is 5.92 Å². The van der Waals surface area contributed by atoms with Gasteiger partial charge in [-0.05, 0) is 31.0 Å². The van der Waals surface area contributed by atoms with Crippen LogP contribution in [-0.4, -0.2) is 27.3 Å². The van der Waals surface area contributed by atoms with E-state index < -0.39 is 0 Å². The van der Waals surface area contributed by atoms with Gasteiger partial charge >= 0.3 is 0 Å². The summed E-state index contributed by atoms with van der Waals surface area (Å²) in [6.45, 7) is 4.29. The largest absolute Gasteiger partial charge is 0.493 e. The lowest BCUT2D eigenvalue weighted by atomic mass is 9.94. The van der Waals surface area contributed by atoms with Crippen LogP contribution in [0.3, 0.4) is 0 Å². The van der Waals surface area contributed by atoms with Crippen LogP contribution in [0, 0.1) is 0 Å². The Balaban J connectivity index is 2.45. The van der Waals surface area contributed by atoms with Crippen molar-refractivity contribution >= 4 is 0 Å². The van der Waals surface area contributed by atoms with E-state index in [0.717, 1.165) is 31.0 Å². The number of hydrogen-bond donors (Lipinski definition) is 1. The second kappa shape index (κ2) is 5.41. The molecular formula is C14H21NO2. The monoisotopic (exact) mass is 235 g/mol. The molecule has 3 nitrogen and oxygen atoms in total. The van der Waals surface area contributed by atoms with Crippen molar-refractivity contribution in [3.63, 3.8) is 0 Å². The van der Waals surface area contributed by atoms with Crippen molar-refractivity contribution in [3.8, 4) is 11.5 Å². The first-order chi connectivity index (χ1) is 8.30. The molecule has 0 radical (unpaired) electrons. The molecule has 1 aliphatic rings. The molecule has 1 aromatic carbocycles. The normalized spacial score (nSPS) is 19.4. The molecule has 1 unspecified atom stereocenters. The van der Waals surface area contributed by atoms with Gasteiger partial charge in [-0.25, -0.2) is 0 Å². The fraction of sp³-hybridized carbons (Fsp3) is 0.571. The average Bonchev–Trinajstić information content (AvgIpc) is 2.90. The number of benzene rings is 1. The molecule has 1 saturated heterocycles. The Labute approximate surface area is 103 Å². The smallest absolute Gasteiger partial charge is 0.164 e. The van der Waals surface area contributed by atoms with Gasteiger partial charge in [0.05, 0.1) is 14.2 Å². The highest BCUT2D eigenvalue weighted by molar-refractivity contribution is 5.51. The Kier molecular flexibility index (Phi) is 3.89. The molecule has 1 aliphatic heterocycles. The summed E-state index contributed by atoms with van der Waals surface area (Å²) in [6, 6.07) is 4.34. The summed E-state index contributed by atoms with van der Waals surface area (Å²) in [4.78, 5) is 0. The topological polar surface area (TPSA) is 30.5 Å². The molecular weight excluding hydrogens is 214 g/mol. The Morgan fingerprint density at radius 3 is 2.65 bits per heavy atom. The number of methoxy groups -OCH3 is 2. The zero-order valence-corrected chi connectivity index (χ0v) is 10.9. The first-order valence-corrected chi connectivity index (χ1v) is 6.25. The summed E-state index contributed by atoms with van der Waals surface area (Å²) < 4.78 is 11.0. The third kappa shape index (κ3) is 2.39. The lowest BCUT2D eigenvalue weighted by Gasteiger charge is -2.18. The Bertz CT molecular complexity index is 384. The van der Waals surface area contributed by atoms with Crippen LogP contribution in [0.1, 0.15) is 30.4 Å². The maximum absolute atomic E-state index is 5.53. The van der Waals surface area contributed by atoms with Gasteiger partial charge in [-0.3, -0.25) is 0 Å². The molecule has 0 amide bonds. The highest BCUT2D eigenvalue weighted by Crippen LogP contribution is 2.39. The Morgan fingerprint density at radius 1 is 1.29 bits per heavy atom. The van der Waals surface area contributed by atoms with Crippen molar-refractivity contribution in [2.75, 3.05) is 27.3 Å². The molecule has 0 spiro atoms. The number of ether oxygens (including phenoxy) is 2. The van der Waals surface area contributed by atoms with Crippen LogP contribution in [0.15, 0.2) is 12.1 Å².